The Kier molecular flexibility index (Phi) is 8.46. The minimum absolute atomic E-state index is 0.302. The highest BCUT2D eigenvalue weighted by atomic mass is 16.5. The van der Waals surface area contributed by atoms with Crippen LogP contribution < -0.4 is 4.74 Å². The fraction of sp³-hybridized carbons (Fsp3) is 0.294. The Labute approximate surface area is 236 Å². The lowest BCUT2D eigenvalue weighted by Crippen LogP contribution is -2.22. The molecule has 1 unspecified atom stereocenters. The lowest BCUT2D eigenvalue weighted by atomic mass is 9.99. The molecule has 3 aromatic carbocycles. The molecule has 1 aliphatic rings. The zero-order valence-electron chi connectivity index (χ0n) is 23.6. The third kappa shape index (κ3) is 6.69. The maximum absolute atomic E-state index is 12.1. The number of nitrogens with zero attached hydrogens (tertiary/aromatic N) is 2. The average Bonchev–Trinajstić information content (AvgIpc) is 3.50. The number of hydrogen-bond acceptors (Lipinski definition) is 6. The van der Waals surface area contributed by atoms with Gasteiger partial charge in [-0.2, -0.15) is 0 Å². The molecule has 0 spiro atoms. The third-order valence-electron chi connectivity index (χ3n) is 7.21. The summed E-state index contributed by atoms with van der Waals surface area (Å²) in [6.07, 6.45) is 0.174. The molecular weight excluding hydrogens is 500 g/mol. The first-order chi connectivity index (χ1) is 19.4. The quantitative estimate of drug-likeness (QED) is 0.160. The summed E-state index contributed by atoms with van der Waals surface area (Å²) in [6, 6.07) is 26.4. The van der Waals surface area contributed by atoms with E-state index in [2.05, 4.69) is 48.0 Å². The molecule has 6 nitrogen and oxygen atoms in total. The van der Waals surface area contributed by atoms with Gasteiger partial charge in [-0.15, -0.1) is 0 Å². The number of carbonyl (C=O) groups excluding carboxylic acids is 1. The van der Waals surface area contributed by atoms with Crippen molar-refractivity contribution in [1.29, 1.82) is 0 Å². The van der Waals surface area contributed by atoms with Crippen LogP contribution in [-0.4, -0.2) is 35.5 Å². The lowest BCUT2D eigenvalue weighted by Gasteiger charge is -2.22. The number of esters is 1. The van der Waals surface area contributed by atoms with Crippen LogP contribution in [0.15, 0.2) is 94.4 Å². The molecule has 1 aromatic heterocycles. The number of benzene rings is 3. The van der Waals surface area contributed by atoms with Crippen LogP contribution >= 0.6 is 0 Å². The fourth-order valence-electron chi connectivity index (χ4n) is 5.14. The van der Waals surface area contributed by atoms with E-state index in [1.165, 1.54) is 23.6 Å². The second kappa shape index (κ2) is 12.3. The number of aryl methyl sites for hydroxylation is 2. The maximum Gasteiger partial charge on any atom is 0.303 e. The Morgan fingerprint density at radius 3 is 2.50 bits per heavy atom. The molecule has 40 heavy (non-hydrogen) atoms. The molecule has 4 aromatic rings. The van der Waals surface area contributed by atoms with Crippen LogP contribution in [0.3, 0.4) is 0 Å². The second-order valence-corrected chi connectivity index (χ2v) is 10.5. The summed E-state index contributed by atoms with van der Waals surface area (Å²) < 4.78 is 17.9. The molecule has 1 atom stereocenters. The van der Waals surface area contributed by atoms with Crippen molar-refractivity contribution in [1.82, 2.24) is 9.88 Å². The third-order valence-corrected chi connectivity index (χ3v) is 7.21. The van der Waals surface area contributed by atoms with E-state index >= 15 is 0 Å². The molecule has 0 fully saturated rings. The number of oxazole rings is 1. The van der Waals surface area contributed by atoms with Crippen molar-refractivity contribution in [3.8, 4) is 17.2 Å². The Balaban J connectivity index is 1.25. The van der Waals surface area contributed by atoms with Crippen molar-refractivity contribution in [3.05, 3.63) is 118 Å². The largest absolute Gasteiger partial charge is 0.493 e. The normalized spacial score (nSPS) is 14.4. The van der Waals surface area contributed by atoms with Crippen molar-refractivity contribution < 1.29 is 18.7 Å². The van der Waals surface area contributed by atoms with Crippen molar-refractivity contribution in [3.63, 3.8) is 0 Å². The van der Waals surface area contributed by atoms with E-state index in [1.54, 1.807) is 0 Å². The van der Waals surface area contributed by atoms with Crippen molar-refractivity contribution >= 4 is 5.97 Å². The van der Waals surface area contributed by atoms with Crippen LogP contribution in [0.2, 0.25) is 0 Å². The predicted molar refractivity (Wildman–Crippen MR) is 156 cm³/mol. The molecule has 0 saturated heterocycles. The van der Waals surface area contributed by atoms with Crippen LogP contribution in [0, 0.1) is 13.8 Å². The minimum Gasteiger partial charge on any atom is -0.493 e. The van der Waals surface area contributed by atoms with Crippen LogP contribution in [0.1, 0.15) is 48.1 Å². The molecule has 206 valence electrons. The molecule has 0 aliphatic carbocycles. The van der Waals surface area contributed by atoms with E-state index in [9.17, 15) is 4.79 Å². The Bertz CT molecular complexity index is 1490. The molecule has 0 saturated carbocycles. The topological polar surface area (TPSA) is 64.8 Å². The number of carbonyl (C=O) groups is 1. The van der Waals surface area contributed by atoms with Gasteiger partial charge in [-0.1, -0.05) is 65.7 Å². The van der Waals surface area contributed by atoms with Crippen LogP contribution in [0.5, 0.6) is 5.75 Å². The van der Waals surface area contributed by atoms with Crippen molar-refractivity contribution in [2.24, 2.45) is 0 Å². The van der Waals surface area contributed by atoms with Crippen molar-refractivity contribution in [2.75, 3.05) is 19.7 Å². The number of aromatic nitrogens is 1. The minimum atomic E-state index is -0.449. The van der Waals surface area contributed by atoms with E-state index in [1.807, 2.05) is 61.5 Å². The van der Waals surface area contributed by atoms with Gasteiger partial charge in [-0.05, 0) is 56.2 Å². The number of hydrogen-bond donors (Lipinski definition) is 0. The molecule has 5 rings (SSSR count). The van der Waals surface area contributed by atoms with Gasteiger partial charge in [-0.25, -0.2) is 4.98 Å². The summed E-state index contributed by atoms with van der Waals surface area (Å²) in [5.41, 5.74) is 7.64. The maximum atomic E-state index is 12.1. The molecule has 2 heterocycles. The molecule has 0 bridgehead atoms. The summed E-state index contributed by atoms with van der Waals surface area (Å²) >= 11 is 0. The molecule has 0 amide bonds. The SMILES string of the molecule is CC(=O)OC(C1=C(C)CN(Cc2ccc(C)cc2)C1)c1cccc(OCCc2nc(-c3ccccc3)oc2C)c1. The highest BCUT2D eigenvalue weighted by Crippen LogP contribution is 2.35. The van der Waals surface area contributed by atoms with Crippen LogP contribution in [0.25, 0.3) is 11.5 Å². The molecule has 6 heteroatoms. The van der Waals surface area contributed by atoms with Gasteiger partial charge >= 0.3 is 5.97 Å². The average molecular weight is 537 g/mol. The standard InChI is InChI=1S/C34H36N2O4/c1-23-13-15-27(16-14-23)21-36-20-24(2)31(22-36)33(40-26(4)37)29-11-8-12-30(19-29)38-18-17-32-25(3)39-34(35-32)28-9-6-5-7-10-28/h5-16,19,33H,17-18,20-22H2,1-4H3. The van der Waals surface area contributed by atoms with Crippen molar-refractivity contribution in [2.45, 2.75) is 46.8 Å². The Morgan fingerprint density at radius 2 is 1.75 bits per heavy atom. The zero-order valence-corrected chi connectivity index (χ0v) is 23.6. The van der Waals surface area contributed by atoms with E-state index in [0.717, 1.165) is 53.5 Å². The Hall–Kier alpha value is -4.16. The first-order valence-electron chi connectivity index (χ1n) is 13.7. The monoisotopic (exact) mass is 536 g/mol. The molecule has 1 aliphatic heterocycles. The van der Waals surface area contributed by atoms with Gasteiger partial charge in [0, 0.05) is 44.1 Å². The summed E-state index contributed by atoms with van der Waals surface area (Å²) in [7, 11) is 0. The van der Waals surface area contributed by atoms with Gasteiger partial charge in [-0.3, -0.25) is 9.69 Å². The summed E-state index contributed by atoms with van der Waals surface area (Å²) in [6.45, 7) is 10.5. The van der Waals surface area contributed by atoms with Crippen LogP contribution in [0.4, 0.5) is 0 Å². The number of ether oxygens (including phenoxy) is 2. The zero-order chi connectivity index (χ0) is 28.1. The smallest absolute Gasteiger partial charge is 0.303 e. The van der Waals surface area contributed by atoms with E-state index in [-0.39, 0.29) is 5.97 Å². The molecule has 0 radical (unpaired) electrons. The Morgan fingerprint density at radius 1 is 0.975 bits per heavy atom. The summed E-state index contributed by atoms with van der Waals surface area (Å²) in [5.74, 6) is 1.84. The lowest BCUT2D eigenvalue weighted by molar-refractivity contribution is -0.145. The van der Waals surface area contributed by atoms with Gasteiger partial charge in [0.05, 0.1) is 12.3 Å². The first kappa shape index (κ1) is 27.4. The fourth-order valence-corrected chi connectivity index (χ4v) is 5.14. The van der Waals surface area contributed by atoms with Gasteiger partial charge in [0.15, 0.2) is 0 Å². The highest BCUT2D eigenvalue weighted by molar-refractivity contribution is 5.67. The van der Waals surface area contributed by atoms with Gasteiger partial charge in [0.25, 0.3) is 0 Å². The van der Waals surface area contributed by atoms with Crippen LogP contribution in [-0.2, 0) is 22.5 Å². The van der Waals surface area contributed by atoms with E-state index in [0.29, 0.717) is 18.9 Å². The summed E-state index contributed by atoms with van der Waals surface area (Å²) in [5, 5.41) is 0. The van der Waals surface area contributed by atoms with E-state index in [4.69, 9.17) is 13.9 Å². The summed E-state index contributed by atoms with van der Waals surface area (Å²) in [4.78, 5) is 19.2. The van der Waals surface area contributed by atoms with E-state index < -0.39 is 6.10 Å². The highest BCUT2D eigenvalue weighted by Gasteiger charge is 2.29. The first-order valence-corrected chi connectivity index (χ1v) is 13.7. The van der Waals surface area contributed by atoms with Gasteiger partial charge < -0.3 is 13.9 Å². The second-order valence-electron chi connectivity index (χ2n) is 10.5. The molecular formula is C34H36N2O4. The van der Waals surface area contributed by atoms with Gasteiger partial charge in [0.2, 0.25) is 5.89 Å². The number of rotatable bonds is 10. The molecule has 0 N–H and O–H groups in total. The van der Waals surface area contributed by atoms with Gasteiger partial charge in [0.1, 0.15) is 17.6 Å². The predicted octanol–water partition coefficient (Wildman–Crippen LogP) is 7.02.